The van der Waals surface area contributed by atoms with Gasteiger partial charge in [0.25, 0.3) is 0 Å². The van der Waals surface area contributed by atoms with Crippen LogP contribution in [-0.2, 0) is 4.79 Å². The fraction of sp³-hybridized carbons (Fsp3) is 0.909. The molecule has 1 rings (SSSR count). The van der Waals surface area contributed by atoms with Crippen LogP contribution in [0.3, 0.4) is 0 Å². The maximum absolute atomic E-state index is 12.1. The summed E-state index contributed by atoms with van der Waals surface area (Å²) < 4.78 is 12.1. The fourth-order valence-electron chi connectivity index (χ4n) is 2.28. The lowest BCUT2D eigenvalue weighted by Gasteiger charge is -2.27. The van der Waals surface area contributed by atoms with Crippen molar-refractivity contribution in [2.45, 2.75) is 45.4 Å². The van der Waals surface area contributed by atoms with Gasteiger partial charge in [-0.25, -0.2) is 0 Å². The van der Waals surface area contributed by atoms with E-state index in [-0.39, 0.29) is 12.6 Å². The molecule has 2 heteroatoms. The topological polar surface area (TPSA) is 17.1 Å². The summed E-state index contributed by atoms with van der Waals surface area (Å²) in [5.74, 6) is 1.01. The monoisotopic (exact) mass is 186 g/mol. The van der Waals surface area contributed by atoms with Crippen molar-refractivity contribution in [3.05, 3.63) is 0 Å². The van der Waals surface area contributed by atoms with Gasteiger partial charge in [-0.1, -0.05) is 19.8 Å². The molecule has 0 aliphatic heterocycles. The Bertz CT molecular complexity index is 167. The highest BCUT2D eigenvalue weighted by Crippen LogP contribution is 2.31. The Labute approximate surface area is 79.7 Å². The Morgan fingerprint density at radius 1 is 1.46 bits per heavy atom. The van der Waals surface area contributed by atoms with E-state index >= 15 is 0 Å². The molecule has 1 aliphatic rings. The van der Waals surface area contributed by atoms with Gasteiger partial charge in [-0.3, -0.25) is 9.18 Å². The van der Waals surface area contributed by atoms with E-state index in [2.05, 4.69) is 6.92 Å². The summed E-state index contributed by atoms with van der Waals surface area (Å²) in [4.78, 5) is 11.4. The van der Waals surface area contributed by atoms with Gasteiger partial charge >= 0.3 is 0 Å². The molecule has 0 aromatic carbocycles. The summed E-state index contributed by atoms with van der Waals surface area (Å²) in [7, 11) is 0. The molecule has 1 nitrogen and oxygen atoms in total. The van der Waals surface area contributed by atoms with Crippen LogP contribution in [0.15, 0.2) is 0 Å². The largest absolute Gasteiger partial charge is 0.299 e. The maximum Gasteiger partial charge on any atom is 0.136 e. The highest BCUT2D eigenvalue weighted by molar-refractivity contribution is 5.81. The molecule has 1 saturated carbocycles. The molecule has 0 radical (unpaired) electrons. The molecular formula is C11H19FO. The normalized spacial score (nSPS) is 29.2. The third-order valence-corrected chi connectivity index (χ3v) is 3.03. The molecule has 13 heavy (non-hydrogen) atoms. The Morgan fingerprint density at radius 2 is 2.23 bits per heavy atom. The molecule has 1 fully saturated rings. The maximum atomic E-state index is 12.1. The van der Waals surface area contributed by atoms with Crippen molar-refractivity contribution in [3.63, 3.8) is 0 Å². The molecule has 2 unspecified atom stereocenters. The smallest absolute Gasteiger partial charge is 0.136 e. The van der Waals surface area contributed by atoms with Crippen molar-refractivity contribution in [1.29, 1.82) is 0 Å². The molecular weight excluding hydrogens is 167 g/mol. The zero-order valence-electron chi connectivity index (χ0n) is 8.39. The number of ketones is 1. The van der Waals surface area contributed by atoms with Gasteiger partial charge in [-0.15, -0.1) is 0 Å². The zero-order chi connectivity index (χ0) is 9.68. The highest BCUT2D eigenvalue weighted by Gasteiger charge is 2.27. The summed E-state index contributed by atoms with van der Waals surface area (Å²) in [6.45, 7) is 1.83. The second-order valence-corrected chi connectivity index (χ2v) is 4.07. The molecule has 1 aliphatic carbocycles. The van der Waals surface area contributed by atoms with Gasteiger partial charge in [0.1, 0.15) is 5.78 Å². The van der Waals surface area contributed by atoms with E-state index in [0.717, 1.165) is 12.8 Å². The van der Waals surface area contributed by atoms with E-state index in [0.29, 0.717) is 24.5 Å². The predicted octanol–water partition coefficient (Wildman–Crippen LogP) is 3.13. The number of halogens is 1. The Balaban J connectivity index is 2.38. The fourth-order valence-corrected chi connectivity index (χ4v) is 2.28. The summed E-state index contributed by atoms with van der Waals surface area (Å²) >= 11 is 0. The van der Waals surface area contributed by atoms with Gasteiger partial charge in [-0.05, 0) is 25.2 Å². The molecule has 0 N–H and O–H groups in total. The molecule has 0 aromatic heterocycles. The van der Waals surface area contributed by atoms with Gasteiger partial charge < -0.3 is 0 Å². The first-order chi connectivity index (χ1) is 6.27. The van der Waals surface area contributed by atoms with E-state index < -0.39 is 0 Å². The average Bonchev–Trinajstić information content (AvgIpc) is 2.12. The summed E-state index contributed by atoms with van der Waals surface area (Å²) in [5.41, 5.74) is 0. The lowest BCUT2D eigenvalue weighted by atomic mass is 9.77. The van der Waals surface area contributed by atoms with Crippen LogP contribution in [0.5, 0.6) is 0 Å². The number of carbonyl (C=O) groups is 1. The molecule has 0 bridgehead atoms. The quantitative estimate of drug-likeness (QED) is 0.659. The third kappa shape index (κ3) is 3.09. The summed E-state index contributed by atoms with van der Waals surface area (Å²) in [6, 6.07) is 0. The van der Waals surface area contributed by atoms with Gasteiger partial charge in [0, 0.05) is 12.3 Å². The van der Waals surface area contributed by atoms with Crippen LogP contribution in [0.1, 0.15) is 45.4 Å². The Kier molecular flexibility index (Phi) is 4.40. The first-order valence-corrected chi connectivity index (χ1v) is 5.36. The second-order valence-electron chi connectivity index (χ2n) is 4.07. The number of hydrogen-bond donors (Lipinski definition) is 0. The molecule has 0 aromatic rings. The van der Waals surface area contributed by atoms with E-state index in [1.807, 2.05) is 0 Å². The average molecular weight is 186 g/mol. The van der Waals surface area contributed by atoms with Crippen molar-refractivity contribution >= 4 is 5.78 Å². The lowest BCUT2D eigenvalue weighted by molar-refractivity contribution is -0.126. The minimum atomic E-state index is -0.338. The van der Waals surface area contributed by atoms with E-state index in [4.69, 9.17) is 0 Å². The highest BCUT2D eigenvalue weighted by atomic mass is 19.1. The molecule has 2 atom stereocenters. The number of rotatable bonds is 4. The van der Waals surface area contributed by atoms with Crippen LogP contribution in [0.25, 0.3) is 0 Å². The molecule has 0 amide bonds. The molecule has 0 spiro atoms. The standard InChI is InChI=1S/C11H19FO/c1-2-3-9-4-5-11(13)10(8-9)6-7-12/h9-10H,2-8H2,1H3. The van der Waals surface area contributed by atoms with E-state index in [1.165, 1.54) is 12.8 Å². The Morgan fingerprint density at radius 3 is 2.85 bits per heavy atom. The van der Waals surface area contributed by atoms with Crippen molar-refractivity contribution in [2.24, 2.45) is 11.8 Å². The van der Waals surface area contributed by atoms with Gasteiger partial charge in [-0.2, -0.15) is 0 Å². The van der Waals surface area contributed by atoms with Gasteiger partial charge in [0.15, 0.2) is 0 Å². The number of alkyl halides is 1. The first kappa shape index (κ1) is 10.7. The van der Waals surface area contributed by atoms with Crippen LogP contribution in [-0.4, -0.2) is 12.5 Å². The van der Waals surface area contributed by atoms with Crippen molar-refractivity contribution < 1.29 is 9.18 Å². The zero-order valence-corrected chi connectivity index (χ0v) is 8.39. The van der Waals surface area contributed by atoms with Crippen LogP contribution < -0.4 is 0 Å². The summed E-state index contributed by atoms with van der Waals surface area (Å²) in [6.07, 6.45) is 5.51. The molecule has 0 heterocycles. The minimum absolute atomic E-state index is 0.0373. The third-order valence-electron chi connectivity index (χ3n) is 3.03. The van der Waals surface area contributed by atoms with E-state index in [1.54, 1.807) is 0 Å². The summed E-state index contributed by atoms with van der Waals surface area (Å²) in [5, 5.41) is 0. The van der Waals surface area contributed by atoms with Crippen LogP contribution in [0.4, 0.5) is 4.39 Å². The van der Waals surface area contributed by atoms with Crippen molar-refractivity contribution in [1.82, 2.24) is 0 Å². The first-order valence-electron chi connectivity index (χ1n) is 5.36. The van der Waals surface area contributed by atoms with Gasteiger partial charge in [0.2, 0.25) is 0 Å². The predicted molar refractivity (Wildman–Crippen MR) is 51.3 cm³/mol. The van der Waals surface area contributed by atoms with Crippen LogP contribution >= 0.6 is 0 Å². The molecule has 0 saturated heterocycles. The number of carbonyl (C=O) groups excluding carboxylic acids is 1. The Hall–Kier alpha value is -0.400. The van der Waals surface area contributed by atoms with Crippen LogP contribution in [0.2, 0.25) is 0 Å². The lowest BCUT2D eigenvalue weighted by Crippen LogP contribution is -2.25. The van der Waals surface area contributed by atoms with E-state index in [9.17, 15) is 9.18 Å². The van der Waals surface area contributed by atoms with Crippen LogP contribution in [0, 0.1) is 11.8 Å². The SMILES string of the molecule is CCCC1CCC(=O)C(CCF)C1. The number of Topliss-reactive ketones (excluding diaryl/α,β-unsaturated/α-hetero) is 1. The minimum Gasteiger partial charge on any atom is -0.299 e. The van der Waals surface area contributed by atoms with Crippen molar-refractivity contribution in [2.75, 3.05) is 6.67 Å². The number of hydrogen-bond acceptors (Lipinski definition) is 1. The molecule has 76 valence electrons. The van der Waals surface area contributed by atoms with Gasteiger partial charge in [0.05, 0.1) is 6.67 Å². The second kappa shape index (κ2) is 5.36. The van der Waals surface area contributed by atoms with Crippen molar-refractivity contribution in [3.8, 4) is 0 Å².